The van der Waals surface area contributed by atoms with Crippen LogP contribution in [0.15, 0.2) is 60.8 Å². The highest BCUT2D eigenvalue weighted by atomic mass is 35.5. The third-order valence-electron chi connectivity index (χ3n) is 4.93. The fourth-order valence-corrected chi connectivity index (χ4v) is 3.48. The number of aryl methyl sites for hydroxylation is 1. The zero-order chi connectivity index (χ0) is 22.0. The molecule has 0 aliphatic heterocycles. The minimum atomic E-state index is -0.291. The molecule has 0 aliphatic carbocycles. The van der Waals surface area contributed by atoms with Gasteiger partial charge in [0.05, 0.1) is 29.5 Å². The third-order valence-corrected chi connectivity index (χ3v) is 5.48. The summed E-state index contributed by atoms with van der Waals surface area (Å²) in [5.74, 6) is -0.123. The molecule has 0 unspecified atom stereocenters. The molecule has 31 heavy (non-hydrogen) atoms. The molecule has 0 atom stereocenters. The van der Waals surface area contributed by atoms with E-state index in [0.29, 0.717) is 29.5 Å². The number of benzene rings is 2. The Morgan fingerprint density at radius 1 is 1.03 bits per heavy atom. The number of hydrogen-bond donors (Lipinski definition) is 1. The highest BCUT2D eigenvalue weighted by Crippen LogP contribution is 2.20. The van der Waals surface area contributed by atoms with Crippen molar-refractivity contribution in [2.24, 2.45) is 0 Å². The van der Waals surface area contributed by atoms with Crippen LogP contribution >= 0.6 is 11.6 Å². The number of rotatable bonds is 6. The van der Waals surface area contributed by atoms with E-state index in [9.17, 15) is 9.18 Å². The lowest BCUT2D eigenvalue weighted by Gasteiger charge is -2.07. The van der Waals surface area contributed by atoms with Crippen molar-refractivity contribution in [2.45, 2.75) is 26.9 Å². The summed E-state index contributed by atoms with van der Waals surface area (Å²) >= 11 is 6.22. The van der Waals surface area contributed by atoms with Crippen LogP contribution in [-0.2, 0) is 13.1 Å². The van der Waals surface area contributed by atoms with Gasteiger partial charge in [-0.3, -0.25) is 14.2 Å². The van der Waals surface area contributed by atoms with Crippen LogP contribution in [-0.4, -0.2) is 25.5 Å². The minimum Gasteiger partial charge on any atom is -0.305 e. The molecule has 0 bridgehead atoms. The van der Waals surface area contributed by atoms with Gasteiger partial charge in [0.2, 0.25) is 0 Å². The number of anilines is 1. The van der Waals surface area contributed by atoms with E-state index >= 15 is 0 Å². The normalized spacial score (nSPS) is 11.0. The molecule has 0 saturated carbocycles. The predicted octanol–water partition coefficient (Wildman–Crippen LogP) is 4.84. The molecule has 8 heteroatoms. The second-order valence-corrected chi connectivity index (χ2v) is 7.70. The Morgan fingerprint density at radius 3 is 2.48 bits per heavy atom. The molecule has 1 amide bonds. The van der Waals surface area contributed by atoms with Crippen molar-refractivity contribution >= 4 is 23.3 Å². The molecule has 4 aromatic rings. The first-order valence-electron chi connectivity index (χ1n) is 9.77. The molecule has 2 aromatic heterocycles. The number of aromatic nitrogens is 4. The Labute approximate surface area is 184 Å². The standard InChI is InChI=1S/C23H21ClFN5O/c1-15-22(24)16(2)30(27-15)14-17-5-3-7-19(11-17)23(31)26-21-9-10-29(28-21)13-18-6-4-8-20(25)12-18/h3-12H,13-14H2,1-2H3,(H,26,28,31). The SMILES string of the molecule is Cc1nn(Cc2cccc(C(=O)Nc3ccn(Cc4cccc(F)c4)n3)c2)c(C)c1Cl. The smallest absolute Gasteiger partial charge is 0.256 e. The quantitative estimate of drug-likeness (QED) is 0.469. The van der Waals surface area contributed by atoms with Gasteiger partial charge < -0.3 is 5.32 Å². The van der Waals surface area contributed by atoms with Gasteiger partial charge in [0.15, 0.2) is 5.82 Å². The highest BCUT2D eigenvalue weighted by Gasteiger charge is 2.12. The van der Waals surface area contributed by atoms with E-state index < -0.39 is 0 Å². The van der Waals surface area contributed by atoms with Gasteiger partial charge in [-0.05, 0) is 49.2 Å². The topological polar surface area (TPSA) is 64.7 Å². The highest BCUT2D eigenvalue weighted by molar-refractivity contribution is 6.31. The van der Waals surface area contributed by atoms with Crippen LogP contribution in [0.5, 0.6) is 0 Å². The number of nitrogens with zero attached hydrogens (tertiary/aromatic N) is 4. The third kappa shape index (κ3) is 4.83. The van der Waals surface area contributed by atoms with Gasteiger partial charge in [-0.2, -0.15) is 10.2 Å². The van der Waals surface area contributed by atoms with Gasteiger partial charge in [0.25, 0.3) is 5.91 Å². The summed E-state index contributed by atoms with van der Waals surface area (Å²) in [5, 5.41) is 12.2. The van der Waals surface area contributed by atoms with Gasteiger partial charge in [-0.1, -0.05) is 35.9 Å². The second-order valence-electron chi connectivity index (χ2n) is 7.33. The molecule has 158 valence electrons. The monoisotopic (exact) mass is 437 g/mol. The lowest BCUT2D eigenvalue weighted by molar-refractivity contribution is 0.102. The van der Waals surface area contributed by atoms with E-state index in [1.807, 2.05) is 42.8 Å². The van der Waals surface area contributed by atoms with Crippen molar-refractivity contribution in [1.82, 2.24) is 19.6 Å². The van der Waals surface area contributed by atoms with E-state index in [4.69, 9.17) is 11.6 Å². The van der Waals surface area contributed by atoms with Crippen LogP contribution in [0.2, 0.25) is 5.02 Å². The molecule has 0 radical (unpaired) electrons. The first-order valence-corrected chi connectivity index (χ1v) is 10.1. The predicted molar refractivity (Wildman–Crippen MR) is 118 cm³/mol. The minimum absolute atomic E-state index is 0.260. The van der Waals surface area contributed by atoms with Crippen molar-refractivity contribution in [3.8, 4) is 0 Å². The molecular formula is C23H21ClFN5O. The first-order chi connectivity index (χ1) is 14.9. The zero-order valence-electron chi connectivity index (χ0n) is 17.1. The molecule has 2 heterocycles. The van der Waals surface area contributed by atoms with Crippen molar-refractivity contribution in [3.05, 3.63) is 99.7 Å². The lowest BCUT2D eigenvalue weighted by Crippen LogP contribution is -2.13. The molecule has 0 saturated heterocycles. The van der Waals surface area contributed by atoms with Gasteiger partial charge >= 0.3 is 0 Å². The first kappa shape index (κ1) is 20.8. The number of nitrogens with one attached hydrogen (secondary N) is 1. The van der Waals surface area contributed by atoms with Crippen molar-refractivity contribution in [1.29, 1.82) is 0 Å². The van der Waals surface area contributed by atoms with Gasteiger partial charge in [0, 0.05) is 17.8 Å². The van der Waals surface area contributed by atoms with Crippen LogP contribution < -0.4 is 5.32 Å². The Bertz CT molecular complexity index is 1250. The summed E-state index contributed by atoms with van der Waals surface area (Å²) < 4.78 is 16.8. The molecule has 1 N–H and O–H groups in total. The Morgan fingerprint density at radius 2 is 1.77 bits per heavy atom. The maximum atomic E-state index is 13.3. The number of halogens is 2. The summed E-state index contributed by atoms with van der Waals surface area (Å²) in [6.07, 6.45) is 1.74. The van der Waals surface area contributed by atoms with Crippen LogP contribution in [0.25, 0.3) is 0 Å². The van der Waals surface area contributed by atoms with E-state index in [-0.39, 0.29) is 11.7 Å². The van der Waals surface area contributed by atoms with Gasteiger partial charge in [0.1, 0.15) is 5.82 Å². The number of hydrogen-bond acceptors (Lipinski definition) is 3. The van der Waals surface area contributed by atoms with Crippen LogP contribution in [0.3, 0.4) is 0 Å². The zero-order valence-corrected chi connectivity index (χ0v) is 17.9. The molecule has 6 nitrogen and oxygen atoms in total. The van der Waals surface area contributed by atoms with Crippen LogP contribution in [0.4, 0.5) is 10.2 Å². The van der Waals surface area contributed by atoms with Crippen molar-refractivity contribution < 1.29 is 9.18 Å². The average molecular weight is 438 g/mol. The summed E-state index contributed by atoms with van der Waals surface area (Å²) in [6.45, 7) is 4.71. The number of carbonyl (C=O) groups is 1. The number of carbonyl (C=O) groups excluding carboxylic acids is 1. The fraction of sp³-hybridized carbons (Fsp3) is 0.174. The number of amides is 1. The van der Waals surface area contributed by atoms with E-state index in [0.717, 1.165) is 22.5 Å². The molecule has 0 spiro atoms. The van der Waals surface area contributed by atoms with E-state index in [2.05, 4.69) is 15.5 Å². The van der Waals surface area contributed by atoms with Crippen molar-refractivity contribution in [2.75, 3.05) is 5.32 Å². The fourth-order valence-electron chi connectivity index (χ4n) is 3.34. The average Bonchev–Trinajstić information content (AvgIpc) is 3.27. The van der Waals surface area contributed by atoms with E-state index in [1.165, 1.54) is 12.1 Å². The largest absolute Gasteiger partial charge is 0.305 e. The summed E-state index contributed by atoms with van der Waals surface area (Å²) in [6, 6.07) is 15.4. The molecular weight excluding hydrogens is 417 g/mol. The Hall–Kier alpha value is -3.45. The summed E-state index contributed by atoms with van der Waals surface area (Å²) in [4.78, 5) is 12.7. The molecule has 0 aliphatic rings. The summed E-state index contributed by atoms with van der Waals surface area (Å²) in [7, 11) is 0. The molecule has 4 rings (SSSR count). The van der Waals surface area contributed by atoms with E-state index in [1.54, 1.807) is 29.1 Å². The Balaban J connectivity index is 1.44. The van der Waals surface area contributed by atoms with Gasteiger partial charge in [-0.25, -0.2) is 4.39 Å². The Kier molecular flexibility index (Phi) is 5.86. The van der Waals surface area contributed by atoms with Crippen molar-refractivity contribution in [3.63, 3.8) is 0 Å². The van der Waals surface area contributed by atoms with Gasteiger partial charge in [-0.15, -0.1) is 0 Å². The maximum Gasteiger partial charge on any atom is 0.256 e. The second kappa shape index (κ2) is 8.73. The lowest BCUT2D eigenvalue weighted by atomic mass is 10.1. The molecule has 2 aromatic carbocycles. The molecule has 0 fully saturated rings. The maximum absolute atomic E-state index is 13.3. The summed E-state index contributed by atoms with van der Waals surface area (Å²) in [5.41, 5.74) is 3.91. The van der Waals surface area contributed by atoms with Crippen LogP contribution in [0.1, 0.15) is 32.9 Å². The van der Waals surface area contributed by atoms with Crippen LogP contribution in [0, 0.1) is 19.7 Å².